The summed E-state index contributed by atoms with van der Waals surface area (Å²) < 4.78 is 0. The van der Waals surface area contributed by atoms with E-state index in [0.717, 1.165) is 0 Å². The summed E-state index contributed by atoms with van der Waals surface area (Å²) in [5.74, 6) is 0. The van der Waals surface area contributed by atoms with E-state index >= 15 is 0 Å². The molecule has 4 heavy (non-hydrogen) atoms. The van der Waals surface area contributed by atoms with E-state index in [9.17, 15) is 0 Å². The van der Waals surface area contributed by atoms with Crippen molar-refractivity contribution in [1.29, 1.82) is 0 Å². The van der Waals surface area contributed by atoms with Crippen LogP contribution in [0.3, 0.4) is 0 Å². The molecule has 0 aromatic heterocycles. The van der Waals surface area contributed by atoms with E-state index in [1.165, 1.54) is 0 Å². The van der Waals surface area contributed by atoms with Crippen molar-refractivity contribution in [3.05, 3.63) is 0 Å². The first-order valence-corrected chi connectivity index (χ1v) is 0. The number of hydrogen-bond donors (Lipinski definition) is 0. The van der Waals surface area contributed by atoms with Crippen LogP contribution in [0.25, 0.3) is 0 Å². The van der Waals surface area contributed by atoms with Crippen LogP contribution >= 0.6 is 0 Å². The number of hydrogen-bond acceptors (Lipinski definition) is 0. The van der Waals surface area contributed by atoms with Crippen LogP contribution in [0.5, 0.6) is 0 Å². The first-order chi connectivity index (χ1) is 0. The van der Waals surface area contributed by atoms with Crippen LogP contribution in [0.2, 0.25) is 0 Å². The fourth-order valence-electron chi connectivity index (χ4n) is 0. The fraction of sp³-hybridized carbons (Fsp3) is 0. The standard InChI is InChI=1S/Ga.La.Nb.Ta.3H. The zero-order valence-electron chi connectivity index (χ0n) is 1.47. The maximum absolute atomic E-state index is 0. The van der Waals surface area contributed by atoms with E-state index in [1.54, 1.807) is 0 Å². The topological polar surface area (TPSA) is 0 Å². The molecule has 0 aliphatic rings. The predicted molar refractivity (Wildman–Crippen MR) is 9.94 cm³/mol. The summed E-state index contributed by atoms with van der Waals surface area (Å²) in [6, 6.07) is 0. The van der Waals surface area contributed by atoms with Gasteiger partial charge in [-0.25, -0.2) is 0 Å². The molecule has 0 N–H and O–H groups in total. The van der Waals surface area contributed by atoms with Crippen molar-refractivity contribution < 1.29 is 80.4 Å². The van der Waals surface area contributed by atoms with Gasteiger partial charge in [0.05, 0.1) is 0 Å². The molecule has 0 saturated heterocycles. The molecule has 0 aliphatic heterocycles. The second kappa shape index (κ2) is 16.2. The van der Waals surface area contributed by atoms with Gasteiger partial charge in [0, 0.05) is 80.4 Å². The van der Waals surface area contributed by atoms with Crippen molar-refractivity contribution in [2.24, 2.45) is 0 Å². The Kier molecular flexibility index (Phi) is 108. The van der Waals surface area contributed by atoms with Crippen LogP contribution in [-0.2, 0) is 44.8 Å². The predicted octanol–water partition coefficient (Wildman–Crippen LogP) is -1.19. The molecule has 0 spiro atoms. The summed E-state index contributed by atoms with van der Waals surface area (Å²) in [7, 11) is 0. The van der Waals surface area contributed by atoms with Gasteiger partial charge in [-0.15, -0.1) is 0 Å². The zero-order chi connectivity index (χ0) is 0. The van der Waals surface area contributed by atoms with Crippen molar-refractivity contribution >= 4 is 19.8 Å². The van der Waals surface area contributed by atoms with Gasteiger partial charge in [0.2, 0.25) is 0 Å². The fourth-order valence-corrected chi connectivity index (χ4v) is 0. The maximum atomic E-state index is 0. The van der Waals surface area contributed by atoms with Crippen molar-refractivity contribution in [2.45, 2.75) is 0 Å². The molecule has 0 unspecified atom stereocenters. The Morgan fingerprint density at radius 2 is 1.00 bits per heavy atom. The molecule has 0 aromatic carbocycles. The third kappa shape index (κ3) is 9.00. The molecular formula is H3GaLaNbTa. The van der Waals surface area contributed by atoms with Gasteiger partial charge >= 0.3 is 19.8 Å². The van der Waals surface area contributed by atoms with Gasteiger partial charge < -0.3 is 0 Å². The van der Waals surface area contributed by atoms with E-state index in [2.05, 4.69) is 0 Å². The van der Waals surface area contributed by atoms with E-state index in [-0.39, 0.29) is 100 Å². The van der Waals surface area contributed by atoms with Gasteiger partial charge in [-0.2, -0.15) is 0 Å². The summed E-state index contributed by atoms with van der Waals surface area (Å²) in [6.07, 6.45) is 0. The van der Waals surface area contributed by atoms with Crippen LogP contribution in [-0.4, -0.2) is 19.8 Å². The molecule has 0 saturated carbocycles. The maximum Gasteiger partial charge on any atom is 0 e. The van der Waals surface area contributed by atoms with Gasteiger partial charge in [0.15, 0.2) is 0 Å². The monoisotopic (exact) mass is 485 g/mol. The van der Waals surface area contributed by atoms with Crippen molar-refractivity contribution in [1.82, 2.24) is 0 Å². The number of rotatable bonds is 0. The minimum Gasteiger partial charge on any atom is 0 e. The third-order valence-corrected chi connectivity index (χ3v) is 0. The molecule has 0 aromatic rings. The molecule has 0 heterocycles. The van der Waals surface area contributed by atoms with Gasteiger partial charge in [-0.05, 0) is 0 Å². The Bertz CT molecular complexity index is 8.00. The smallest absolute Gasteiger partial charge is 0 e. The Morgan fingerprint density at radius 3 is 1.00 bits per heavy atom. The molecule has 0 bridgehead atoms. The second-order valence-corrected chi connectivity index (χ2v) is 0. The molecular weight excluding hydrogens is 482 g/mol. The molecule has 0 atom stereocenters. The van der Waals surface area contributed by atoms with E-state index in [1.807, 2.05) is 0 Å². The first-order valence-electron chi connectivity index (χ1n) is 0. The average Bonchev–Trinajstić information content (AvgIpc) is 0. The van der Waals surface area contributed by atoms with Gasteiger partial charge in [0.1, 0.15) is 0 Å². The Balaban J connectivity index is 0. The minimum atomic E-state index is 0. The summed E-state index contributed by atoms with van der Waals surface area (Å²) in [5, 5.41) is 0. The first kappa shape index (κ1) is 26.6. The SMILES string of the molecule is [GaH3].[La].[Nb].[Ta]. The molecule has 0 rings (SSSR count). The van der Waals surface area contributed by atoms with E-state index in [4.69, 9.17) is 0 Å². The molecule has 0 aliphatic carbocycles. The third-order valence-electron chi connectivity index (χ3n) is 0. The van der Waals surface area contributed by atoms with Crippen molar-refractivity contribution in [3.63, 3.8) is 0 Å². The molecule has 0 nitrogen and oxygen atoms in total. The van der Waals surface area contributed by atoms with Crippen LogP contribution in [0, 0.1) is 35.6 Å². The van der Waals surface area contributed by atoms with Crippen LogP contribution in [0.1, 0.15) is 0 Å². The summed E-state index contributed by atoms with van der Waals surface area (Å²) in [5.41, 5.74) is 0. The Labute approximate surface area is 97.9 Å². The molecule has 0 amide bonds. The Hall–Kier alpha value is 3.31. The second-order valence-electron chi connectivity index (χ2n) is 0. The van der Waals surface area contributed by atoms with Crippen molar-refractivity contribution in [2.75, 3.05) is 0 Å². The summed E-state index contributed by atoms with van der Waals surface area (Å²) in [4.78, 5) is 0. The molecule has 4 heteroatoms. The molecule has 3 radical (unpaired) electrons. The van der Waals surface area contributed by atoms with Gasteiger partial charge in [0.25, 0.3) is 0 Å². The average molecular weight is 486 g/mol. The largest absolute Gasteiger partial charge is 0 e. The molecule has 0 fully saturated rings. The van der Waals surface area contributed by atoms with Crippen LogP contribution < -0.4 is 0 Å². The van der Waals surface area contributed by atoms with Gasteiger partial charge in [-0.1, -0.05) is 0 Å². The van der Waals surface area contributed by atoms with Crippen LogP contribution in [0.15, 0.2) is 0 Å². The van der Waals surface area contributed by atoms with Crippen LogP contribution in [0.4, 0.5) is 0 Å². The van der Waals surface area contributed by atoms with E-state index in [0.29, 0.717) is 0 Å². The summed E-state index contributed by atoms with van der Waals surface area (Å²) in [6.45, 7) is 0. The normalized spacial score (nSPS) is 0. The van der Waals surface area contributed by atoms with Crippen molar-refractivity contribution in [3.8, 4) is 0 Å². The summed E-state index contributed by atoms with van der Waals surface area (Å²) >= 11 is 0. The van der Waals surface area contributed by atoms with E-state index < -0.39 is 0 Å². The quantitative estimate of drug-likeness (QED) is 0.379. The van der Waals surface area contributed by atoms with Gasteiger partial charge in [-0.3, -0.25) is 0 Å². The minimum absolute atomic E-state index is 0. The molecule has 19 valence electrons. The Morgan fingerprint density at radius 1 is 1.00 bits per heavy atom. The zero-order valence-corrected chi connectivity index (χ0v) is 10.5.